The first-order chi connectivity index (χ1) is 12.4. The molecule has 5 heteroatoms. The summed E-state index contributed by atoms with van der Waals surface area (Å²) in [5.74, 6) is -1.75. The number of aliphatic hydroxyl groups excluding tert-OH is 1. The third-order valence-corrected chi connectivity index (χ3v) is 4.86. The second-order valence-electron chi connectivity index (χ2n) is 6.33. The molecule has 130 valence electrons. The van der Waals surface area contributed by atoms with Crippen LogP contribution in [0.25, 0.3) is 22.4 Å². The molecule has 0 aromatic heterocycles. The highest BCUT2D eigenvalue weighted by Crippen LogP contribution is 2.39. The van der Waals surface area contributed by atoms with E-state index in [1.54, 1.807) is 42.5 Å². The Hall–Kier alpha value is -3.15. The lowest BCUT2D eigenvalue weighted by Gasteiger charge is -2.33. The number of carboxylic acid groups (broad SMARTS) is 1. The number of aliphatic hydroxyl groups is 2. The van der Waals surface area contributed by atoms with E-state index in [-0.39, 0.29) is 16.9 Å². The molecule has 3 aromatic rings. The molecular weight excluding hydrogens is 332 g/mol. The van der Waals surface area contributed by atoms with Crippen molar-refractivity contribution in [2.24, 2.45) is 0 Å². The molecule has 0 spiro atoms. The Bertz CT molecular complexity index is 1160. The highest BCUT2D eigenvalue weighted by atomic mass is 16.4. The van der Waals surface area contributed by atoms with E-state index in [0.717, 1.165) is 5.39 Å². The van der Waals surface area contributed by atoms with Crippen LogP contribution >= 0.6 is 0 Å². The Morgan fingerprint density at radius 2 is 1.65 bits per heavy atom. The lowest BCUT2D eigenvalue weighted by molar-refractivity contribution is -0.158. The topological polar surface area (TPSA) is 98.0 Å². The van der Waals surface area contributed by atoms with Crippen LogP contribution in [-0.4, -0.2) is 38.1 Å². The van der Waals surface area contributed by atoms with Crippen LogP contribution in [0.4, 0.5) is 0 Å². The number of hydrogen-bond acceptors (Lipinski definition) is 4. The Morgan fingerprint density at radius 3 is 2.42 bits per heavy atom. The first kappa shape index (κ1) is 16.3. The van der Waals surface area contributed by atoms with Gasteiger partial charge in [0.1, 0.15) is 11.9 Å². The fourth-order valence-corrected chi connectivity index (χ4v) is 3.60. The molecular formula is C21H16O5. The number of phenolic OH excluding ortho intramolecular Hbond substituents is 1. The molecule has 4 N–H and O–H groups in total. The predicted octanol–water partition coefficient (Wildman–Crippen LogP) is 0.715. The van der Waals surface area contributed by atoms with Crippen molar-refractivity contribution in [2.75, 3.05) is 0 Å². The van der Waals surface area contributed by atoms with Crippen molar-refractivity contribution < 1.29 is 25.2 Å². The van der Waals surface area contributed by atoms with Gasteiger partial charge in [0.2, 0.25) is 5.60 Å². The summed E-state index contributed by atoms with van der Waals surface area (Å²) < 4.78 is 0. The van der Waals surface area contributed by atoms with Crippen LogP contribution in [-0.2, 0) is 4.79 Å². The number of fused-ring (bicyclic) bond motifs is 2. The van der Waals surface area contributed by atoms with Gasteiger partial charge in [0.05, 0.1) is 0 Å². The molecule has 1 aliphatic carbocycles. The molecule has 1 unspecified atom stereocenters. The van der Waals surface area contributed by atoms with Crippen molar-refractivity contribution in [1.29, 1.82) is 0 Å². The molecule has 0 radical (unpaired) electrons. The van der Waals surface area contributed by atoms with Gasteiger partial charge in [0, 0.05) is 11.1 Å². The summed E-state index contributed by atoms with van der Waals surface area (Å²) in [5, 5.41) is 44.2. The maximum atomic E-state index is 12.0. The monoisotopic (exact) mass is 348 g/mol. The maximum Gasteiger partial charge on any atom is 0.343 e. The molecule has 0 bridgehead atoms. The van der Waals surface area contributed by atoms with Crippen molar-refractivity contribution in [2.45, 2.75) is 11.7 Å². The minimum atomic E-state index is -2.59. The van der Waals surface area contributed by atoms with Crippen LogP contribution < -0.4 is 10.4 Å². The van der Waals surface area contributed by atoms with Gasteiger partial charge in [-0.3, -0.25) is 0 Å². The standard InChI is InChI=1S/C21H16O5/c22-16-10-9-12-5-1-3-7-14(12)18(16)19-15-8-4-2-6-13(15)11-17(23)21(19,26)20(24)25/h1-11,17,22-23,26H,(H,24,25)/t17?,21-/m1/s1. The molecule has 0 aliphatic heterocycles. The SMILES string of the molecule is O=C(O)[C@]1(O)C(c2c(O)ccc3ccccc23)=c2ccccc2=CC1O. The highest BCUT2D eigenvalue weighted by molar-refractivity contribution is 6.05. The lowest BCUT2D eigenvalue weighted by atomic mass is 9.77. The summed E-state index contributed by atoms with van der Waals surface area (Å²) in [4.78, 5) is 12.0. The average molecular weight is 348 g/mol. The van der Waals surface area contributed by atoms with E-state index in [4.69, 9.17) is 0 Å². The molecule has 1 aliphatic rings. The van der Waals surface area contributed by atoms with E-state index >= 15 is 0 Å². The molecule has 3 aromatic carbocycles. The van der Waals surface area contributed by atoms with Gasteiger partial charge in [-0.1, -0.05) is 54.6 Å². The van der Waals surface area contributed by atoms with Crippen molar-refractivity contribution in [3.63, 3.8) is 0 Å². The van der Waals surface area contributed by atoms with Crippen LogP contribution in [0.2, 0.25) is 0 Å². The quantitative estimate of drug-likeness (QED) is 0.547. The zero-order valence-corrected chi connectivity index (χ0v) is 13.6. The second-order valence-corrected chi connectivity index (χ2v) is 6.33. The largest absolute Gasteiger partial charge is 0.507 e. The fraction of sp³-hybridized carbons (Fsp3) is 0.0952. The van der Waals surface area contributed by atoms with Crippen molar-refractivity contribution >= 4 is 28.4 Å². The van der Waals surface area contributed by atoms with E-state index in [1.807, 2.05) is 12.1 Å². The highest BCUT2D eigenvalue weighted by Gasteiger charge is 2.49. The van der Waals surface area contributed by atoms with Gasteiger partial charge < -0.3 is 20.4 Å². The normalized spacial score (nSPS) is 21.9. The Labute approximate surface area is 148 Å². The summed E-state index contributed by atoms with van der Waals surface area (Å²) in [6, 6.07) is 17.2. The molecule has 4 rings (SSSR count). The van der Waals surface area contributed by atoms with Crippen LogP contribution in [0, 0.1) is 0 Å². The third-order valence-electron chi connectivity index (χ3n) is 4.86. The van der Waals surface area contributed by atoms with Gasteiger partial charge in [-0.15, -0.1) is 0 Å². The minimum Gasteiger partial charge on any atom is -0.507 e. The summed E-state index contributed by atoms with van der Waals surface area (Å²) in [6.45, 7) is 0. The lowest BCUT2D eigenvalue weighted by Crippen LogP contribution is -2.56. The number of hydrogen-bond donors (Lipinski definition) is 4. The number of phenols is 1. The number of rotatable bonds is 2. The molecule has 26 heavy (non-hydrogen) atoms. The molecule has 5 nitrogen and oxygen atoms in total. The van der Waals surface area contributed by atoms with E-state index in [0.29, 0.717) is 15.8 Å². The first-order valence-electron chi connectivity index (χ1n) is 8.11. The molecule has 0 heterocycles. The van der Waals surface area contributed by atoms with Gasteiger partial charge in [0.15, 0.2) is 0 Å². The van der Waals surface area contributed by atoms with E-state index < -0.39 is 17.7 Å². The average Bonchev–Trinajstić information content (AvgIpc) is 2.63. The Balaban J connectivity index is 2.27. The van der Waals surface area contributed by atoms with Gasteiger partial charge in [0.25, 0.3) is 0 Å². The minimum absolute atomic E-state index is 0.0232. The fourth-order valence-electron chi connectivity index (χ4n) is 3.60. The molecule has 0 saturated heterocycles. The van der Waals surface area contributed by atoms with Crippen LogP contribution in [0.15, 0.2) is 60.7 Å². The summed E-state index contributed by atoms with van der Waals surface area (Å²) in [6.07, 6.45) is -0.349. The molecule has 0 saturated carbocycles. The van der Waals surface area contributed by atoms with Crippen molar-refractivity contribution in [3.8, 4) is 5.75 Å². The maximum absolute atomic E-state index is 12.0. The third kappa shape index (κ3) is 2.15. The van der Waals surface area contributed by atoms with Gasteiger partial charge >= 0.3 is 5.97 Å². The number of aliphatic carboxylic acids is 1. The van der Waals surface area contributed by atoms with E-state index in [9.17, 15) is 25.2 Å². The summed E-state index contributed by atoms with van der Waals surface area (Å²) in [5.41, 5.74) is -2.41. The number of carbonyl (C=O) groups is 1. The smallest absolute Gasteiger partial charge is 0.343 e. The number of benzene rings is 3. The van der Waals surface area contributed by atoms with Crippen LogP contribution in [0.3, 0.4) is 0 Å². The van der Waals surface area contributed by atoms with E-state index in [2.05, 4.69) is 0 Å². The summed E-state index contributed by atoms with van der Waals surface area (Å²) >= 11 is 0. The zero-order chi connectivity index (χ0) is 18.5. The van der Waals surface area contributed by atoms with Gasteiger partial charge in [-0.25, -0.2) is 4.79 Å². The second kappa shape index (κ2) is 5.69. The van der Waals surface area contributed by atoms with Crippen LogP contribution in [0.1, 0.15) is 5.56 Å². The Kier molecular flexibility index (Phi) is 3.57. The number of carboxylic acids is 1. The van der Waals surface area contributed by atoms with Gasteiger partial charge in [-0.2, -0.15) is 0 Å². The molecule has 0 fully saturated rings. The summed E-state index contributed by atoms with van der Waals surface area (Å²) in [7, 11) is 0. The number of aromatic hydroxyl groups is 1. The van der Waals surface area contributed by atoms with Crippen molar-refractivity contribution in [1.82, 2.24) is 0 Å². The van der Waals surface area contributed by atoms with Crippen LogP contribution in [0.5, 0.6) is 5.75 Å². The van der Waals surface area contributed by atoms with Crippen molar-refractivity contribution in [3.05, 3.63) is 76.7 Å². The van der Waals surface area contributed by atoms with Gasteiger partial charge in [-0.05, 0) is 33.4 Å². The Morgan fingerprint density at radius 1 is 0.962 bits per heavy atom. The molecule has 2 atom stereocenters. The first-order valence-corrected chi connectivity index (χ1v) is 8.11. The van der Waals surface area contributed by atoms with E-state index in [1.165, 1.54) is 12.1 Å². The predicted molar refractivity (Wildman–Crippen MR) is 96.9 cm³/mol. The zero-order valence-electron chi connectivity index (χ0n) is 13.6. The molecule has 0 amide bonds.